The first-order valence-corrected chi connectivity index (χ1v) is 7.31. The molecule has 21 heavy (non-hydrogen) atoms. The highest BCUT2D eigenvalue weighted by Crippen LogP contribution is 2.18. The lowest BCUT2D eigenvalue weighted by Gasteiger charge is -2.15. The largest absolute Gasteiger partial charge is 0.484 e. The van der Waals surface area contributed by atoms with E-state index in [0.29, 0.717) is 12.4 Å². The lowest BCUT2D eigenvalue weighted by Crippen LogP contribution is -2.38. The summed E-state index contributed by atoms with van der Waals surface area (Å²) >= 11 is 0. The van der Waals surface area contributed by atoms with Crippen LogP contribution in [0.4, 0.5) is 0 Å². The minimum atomic E-state index is -0.148. The maximum absolute atomic E-state index is 11.7. The third-order valence-electron chi connectivity index (χ3n) is 3.06. The average Bonchev–Trinajstić information content (AvgIpc) is 2.46. The maximum Gasteiger partial charge on any atom is 0.258 e. The summed E-state index contributed by atoms with van der Waals surface area (Å²) in [6.45, 7) is 7.46. The summed E-state index contributed by atoms with van der Waals surface area (Å²) in [5.41, 5.74) is 1.14. The molecule has 5 nitrogen and oxygen atoms in total. The van der Waals surface area contributed by atoms with Gasteiger partial charge in [-0.1, -0.05) is 19.1 Å². The van der Waals surface area contributed by atoms with E-state index in [0.717, 1.165) is 12.1 Å². The van der Waals surface area contributed by atoms with Crippen molar-refractivity contribution in [2.45, 2.75) is 32.9 Å². The molecule has 1 rings (SSSR count). The minimum Gasteiger partial charge on any atom is -0.484 e. The Bertz CT molecular complexity index is 437. The molecule has 0 saturated heterocycles. The van der Waals surface area contributed by atoms with Crippen LogP contribution in [-0.2, 0) is 9.53 Å². The predicted octanol–water partition coefficient (Wildman–Crippen LogP) is 1.89. The van der Waals surface area contributed by atoms with E-state index in [4.69, 9.17) is 9.47 Å². The Morgan fingerprint density at radius 1 is 1.33 bits per heavy atom. The molecule has 1 aromatic carbocycles. The number of rotatable bonds is 9. The van der Waals surface area contributed by atoms with Gasteiger partial charge < -0.3 is 20.1 Å². The van der Waals surface area contributed by atoms with Crippen LogP contribution in [-0.4, -0.2) is 38.8 Å². The summed E-state index contributed by atoms with van der Waals surface area (Å²) in [5.74, 6) is 0.552. The van der Waals surface area contributed by atoms with Crippen LogP contribution in [0.5, 0.6) is 5.75 Å². The first kappa shape index (κ1) is 17.5. The van der Waals surface area contributed by atoms with Crippen molar-refractivity contribution >= 4 is 5.91 Å². The van der Waals surface area contributed by atoms with E-state index in [2.05, 4.69) is 24.5 Å². The monoisotopic (exact) mass is 294 g/mol. The van der Waals surface area contributed by atoms with Crippen molar-refractivity contribution in [3.8, 4) is 5.75 Å². The van der Waals surface area contributed by atoms with Crippen LogP contribution in [0.1, 0.15) is 32.4 Å². The van der Waals surface area contributed by atoms with E-state index in [-0.39, 0.29) is 24.6 Å². The second-order valence-corrected chi connectivity index (χ2v) is 5.06. The van der Waals surface area contributed by atoms with Gasteiger partial charge in [0.25, 0.3) is 5.91 Å². The van der Waals surface area contributed by atoms with Gasteiger partial charge in [0.1, 0.15) is 5.75 Å². The molecular weight excluding hydrogens is 268 g/mol. The molecule has 2 N–H and O–H groups in total. The van der Waals surface area contributed by atoms with E-state index in [1.165, 1.54) is 0 Å². The van der Waals surface area contributed by atoms with Crippen LogP contribution in [0, 0.1) is 0 Å². The van der Waals surface area contributed by atoms with E-state index < -0.39 is 0 Å². The summed E-state index contributed by atoms with van der Waals surface area (Å²) in [4.78, 5) is 11.7. The average molecular weight is 294 g/mol. The van der Waals surface area contributed by atoms with Crippen LogP contribution in [0.15, 0.2) is 24.3 Å². The number of amides is 1. The summed E-state index contributed by atoms with van der Waals surface area (Å²) in [6, 6.07) is 8.03. The Hall–Kier alpha value is -1.59. The number of hydrogen-bond donors (Lipinski definition) is 2. The molecule has 0 aliphatic carbocycles. The Balaban J connectivity index is 2.48. The van der Waals surface area contributed by atoms with Crippen LogP contribution in [0.2, 0.25) is 0 Å². The predicted molar refractivity (Wildman–Crippen MR) is 83.5 cm³/mol. The molecule has 118 valence electrons. The quantitative estimate of drug-likeness (QED) is 0.730. The molecule has 0 radical (unpaired) electrons. The van der Waals surface area contributed by atoms with Gasteiger partial charge in [-0.25, -0.2) is 0 Å². The number of methoxy groups -OCH3 is 1. The minimum absolute atomic E-state index is 0.00704. The number of hydrogen-bond acceptors (Lipinski definition) is 4. The number of carbonyl (C=O) groups is 1. The first-order valence-electron chi connectivity index (χ1n) is 7.31. The standard InChI is InChI=1S/C16H26N2O3/c1-5-17-13(3)14-7-6-8-15(9-14)21-11-16(19)18-12(2)10-20-4/h6-9,12-13,17H,5,10-11H2,1-4H3,(H,18,19). The van der Waals surface area contributed by atoms with Crippen molar-refractivity contribution in [1.82, 2.24) is 10.6 Å². The topological polar surface area (TPSA) is 59.6 Å². The van der Waals surface area contributed by atoms with Gasteiger partial charge in [-0.2, -0.15) is 0 Å². The fourth-order valence-electron chi connectivity index (χ4n) is 2.05. The lowest BCUT2D eigenvalue weighted by atomic mass is 10.1. The van der Waals surface area contributed by atoms with Crippen molar-refractivity contribution in [3.63, 3.8) is 0 Å². The third kappa shape index (κ3) is 6.60. The van der Waals surface area contributed by atoms with E-state index >= 15 is 0 Å². The second-order valence-electron chi connectivity index (χ2n) is 5.06. The Labute approximate surface area is 127 Å². The molecule has 0 heterocycles. The van der Waals surface area contributed by atoms with Gasteiger partial charge in [0.2, 0.25) is 0 Å². The van der Waals surface area contributed by atoms with Crippen molar-refractivity contribution in [2.24, 2.45) is 0 Å². The Morgan fingerprint density at radius 3 is 2.76 bits per heavy atom. The zero-order chi connectivity index (χ0) is 15.7. The fourth-order valence-corrected chi connectivity index (χ4v) is 2.05. The molecule has 0 bridgehead atoms. The molecule has 0 aromatic heterocycles. The van der Waals surface area contributed by atoms with Crippen molar-refractivity contribution < 1.29 is 14.3 Å². The number of carbonyl (C=O) groups excluding carboxylic acids is 1. The van der Waals surface area contributed by atoms with Crippen LogP contribution >= 0.6 is 0 Å². The molecule has 2 unspecified atom stereocenters. The SMILES string of the molecule is CCNC(C)c1cccc(OCC(=O)NC(C)COC)c1. The highest BCUT2D eigenvalue weighted by molar-refractivity contribution is 5.77. The molecule has 0 spiro atoms. The molecule has 0 saturated carbocycles. The maximum atomic E-state index is 11.7. The highest BCUT2D eigenvalue weighted by atomic mass is 16.5. The van der Waals surface area contributed by atoms with Crippen molar-refractivity contribution in [2.75, 3.05) is 26.9 Å². The van der Waals surface area contributed by atoms with Crippen LogP contribution in [0.25, 0.3) is 0 Å². The smallest absolute Gasteiger partial charge is 0.258 e. The van der Waals surface area contributed by atoms with Gasteiger partial charge in [0.05, 0.1) is 6.61 Å². The van der Waals surface area contributed by atoms with Gasteiger partial charge in [0, 0.05) is 19.2 Å². The first-order chi connectivity index (χ1) is 10.1. The summed E-state index contributed by atoms with van der Waals surface area (Å²) < 4.78 is 10.5. The summed E-state index contributed by atoms with van der Waals surface area (Å²) in [6.07, 6.45) is 0. The number of nitrogens with one attached hydrogen (secondary N) is 2. The normalized spacial score (nSPS) is 13.5. The molecule has 2 atom stereocenters. The summed E-state index contributed by atoms with van der Waals surface area (Å²) in [7, 11) is 1.61. The lowest BCUT2D eigenvalue weighted by molar-refractivity contribution is -0.124. The van der Waals surface area contributed by atoms with E-state index in [1.807, 2.05) is 31.2 Å². The van der Waals surface area contributed by atoms with E-state index in [9.17, 15) is 4.79 Å². The van der Waals surface area contributed by atoms with Gasteiger partial charge >= 0.3 is 0 Å². The van der Waals surface area contributed by atoms with Gasteiger partial charge in [-0.3, -0.25) is 4.79 Å². The molecule has 1 aromatic rings. The summed E-state index contributed by atoms with van der Waals surface area (Å²) in [5, 5.41) is 6.15. The zero-order valence-electron chi connectivity index (χ0n) is 13.3. The number of benzene rings is 1. The molecular formula is C16H26N2O3. The van der Waals surface area contributed by atoms with Gasteiger partial charge in [-0.15, -0.1) is 0 Å². The molecule has 0 aliphatic heterocycles. The number of ether oxygens (including phenoxy) is 2. The van der Waals surface area contributed by atoms with Crippen LogP contribution < -0.4 is 15.4 Å². The molecule has 5 heteroatoms. The zero-order valence-corrected chi connectivity index (χ0v) is 13.3. The van der Waals surface area contributed by atoms with Gasteiger partial charge in [0.15, 0.2) is 6.61 Å². The van der Waals surface area contributed by atoms with Crippen molar-refractivity contribution in [1.29, 1.82) is 0 Å². The molecule has 1 amide bonds. The van der Waals surface area contributed by atoms with Crippen LogP contribution in [0.3, 0.4) is 0 Å². The molecule has 0 aliphatic rings. The highest BCUT2D eigenvalue weighted by Gasteiger charge is 2.09. The second kappa shape index (κ2) is 9.37. The van der Waals surface area contributed by atoms with Crippen molar-refractivity contribution in [3.05, 3.63) is 29.8 Å². The van der Waals surface area contributed by atoms with Gasteiger partial charge in [-0.05, 0) is 38.1 Å². The van der Waals surface area contributed by atoms with E-state index in [1.54, 1.807) is 7.11 Å². The Morgan fingerprint density at radius 2 is 2.10 bits per heavy atom. The Kier molecular flexibility index (Phi) is 7.79. The third-order valence-corrected chi connectivity index (χ3v) is 3.06. The fraction of sp³-hybridized carbons (Fsp3) is 0.562. The molecule has 0 fully saturated rings.